The smallest absolute Gasteiger partial charge is 0.251 e. The molecule has 3 N–H and O–H groups in total. The summed E-state index contributed by atoms with van der Waals surface area (Å²) in [6, 6.07) is 16.0. The van der Waals surface area contributed by atoms with Crippen LogP contribution in [0.15, 0.2) is 54.7 Å². The Balaban J connectivity index is 1.38. The quantitative estimate of drug-likeness (QED) is 0.321. The zero-order valence-electron chi connectivity index (χ0n) is 18.7. The highest BCUT2D eigenvalue weighted by molar-refractivity contribution is 5.90. The molecule has 3 heterocycles. The van der Waals surface area contributed by atoms with E-state index >= 15 is 0 Å². The number of H-pyrrole nitrogens is 1. The molecular weight excluding hydrogens is 455 g/mol. The number of halogens is 3. The van der Waals surface area contributed by atoms with Crippen LogP contribution in [0.4, 0.5) is 42.0 Å². The largest absolute Gasteiger partial charge is 0.369 e. The summed E-state index contributed by atoms with van der Waals surface area (Å²) >= 11 is 0. The van der Waals surface area contributed by atoms with Crippen molar-refractivity contribution in [3.8, 4) is 6.07 Å². The molecule has 0 bridgehead atoms. The van der Waals surface area contributed by atoms with Crippen molar-refractivity contribution >= 4 is 39.9 Å². The Bertz CT molecular complexity index is 1400. The lowest BCUT2D eigenvalue weighted by Crippen LogP contribution is -2.39. The van der Waals surface area contributed by atoms with Gasteiger partial charge in [0.1, 0.15) is 17.3 Å². The van der Waals surface area contributed by atoms with Gasteiger partial charge in [-0.25, -0.2) is 13.2 Å². The third-order valence-corrected chi connectivity index (χ3v) is 5.93. The van der Waals surface area contributed by atoms with E-state index in [0.29, 0.717) is 29.3 Å². The van der Waals surface area contributed by atoms with E-state index in [1.165, 1.54) is 6.07 Å². The molecule has 0 spiro atoms. The summed E-state index contributed by atoms with van der Waals surface area (Å²) in [6.07, 6.45) is 1.47. The van der Waals surface area contributed by atoms with Gasteiger partial charge in [-0.2, -0.15) is 15.2 Å². The van der Waals surface area contributed by atoms with Gasteiger partial charge in [0.2, 0.25) is 5.95 Å². The van der Waals surface area contributed by atoms with Gasteiger partial charge in [-0.1, -0.05) is 12.1 Å². The van der Waals surface area contributed by atoms with E-state index in [9.17, 15) is 13.2 Å². The first-order chi connectivity index (χ1) is 16.9. The molecular formula is C25H22F3N7. The van der Waals surface area contributed by atoms with Gasteiger partial charge in [0.15, 0.2) is 0 Å². The van der Waals surface area contributed by atoms with Crippen LogP contribution in [0.3, 0.4) is 0 Å². The number of anilines is 5. The maximum absolute atomic E-state index is 14.8. The van der Waals surface area contributed by atoms with Crippen molar-refractivity contribution in [1.29, 1.82) is 5.26 Å². The number of nitriles is 1. The second-order valence-electron chi connectivity index (χ2n) is 8.43. The van der Waals surface area contributed by atoms with E-state index < -0.39 is 11.7 Å². The zero-order valence-corrected chi connectivity index (χ0v) is 18.7. The van der Waals surface area contributed by atoms with Crippen molar-refractivity contribution in [2.75, 3.05) is 28.6 Å². The Morgan fingerprint density at radius 3 is 2.60 bits per heavy atom. The summed E-state index contributed by atoms with van der Waals surface area (Å²) in [5.41, 5.74) is 2.97. The lowest BCUT2D eigenvalue weighted by Gasteiger charge is -2.33. The maximum Gasteiger partial charge on any atom is 0.251 e. The van der Waals surface area contributed by atoms with Gasteiger partial charge in [0, 0.05) is 43.5 Å². The fourth-order valence-corrected chi connectivity index (χ4v) is 4.12. The number of hydrogen-bond acceptors (Lipinski definition) is 6. The minimum atomic E-state index is -2.69. The molecule has 178 valence electrons. The predicted molar refractivity (Wildman–Crippen MR) is 129 cm³/mol. The molecule has 0 saturated carbocycles. The van der Waals surface area contributed by atoms with E-state index in [1.54, 1.807) is 23.2 Å². The Labute approximate surface area is 199 Å². The van der Waals surface area contributed by atoms with Gasteiger partial charge in [-0.05, 0) is 42.0 Å². The Morgan fingerprint density at radius 2 is 1.83 bits per heavy atom. The number of aromatic amines is 1. The Morgan fingerprint density at radius 1 is 1.03 bits per heavy atom. The Hall–Kier alpha value is -4.26. The van der Waals surface area contributed by atoms with E-state index in [2.05, 4.69) is 31.7 Å². The first-order valence-electron chi connectivity index (χ1n) is 11.2. The number of fused-ring (bicyclic) bond motifs is 1. The molecule has 0 aliphatic carbocycles. The topological polar surface area (TPSA) is 92.7 Å². The van der Waals surface area contributed by atoms with E-state index in [1.807, 2.05) is 30.3 Å². The molecule has 2 aromatic heterocycles. The molecule has 7 nitrogen and oxygen atoms in total. The molecule has 35 heavy (non-hydrogen) atoms. The second kappa shape index (κ2) is 9.18. The van der Waals surface area contributed by atoms with E-state index in [4.69, 9.17) is 5.26 Å². The van der Waals surface area contributed by atoms with Crippen LogP contribution < -0.4 is 15.5 Å². The van der Waals surface area contributed by atoms with Crippen LogP contribution in [0.2, 0.25) is 0 Å². The minimum Gasteiger partial charge on any atom is -0.369 e. The van der Waals surface area contributed by atoms with Crippen LogP contribution in [0.25, 0.3) is 11.0 Å². The number of aromatic nitrogens is 3. The van der Waals surface area contributed by atoms with Crippen molar-refractivity contribution in [2.24, 2.45) is 0 Å². The molecule has 0 unspecified atom stereocenters. The molecule has 1 fully saturated rings. The lowest BCUT2D eigenvalue weighted by molar-refractivity contribution is -0.0221. The lowest BCUT2D eigenvalue weighted by atomic mass is 10.1. The second-order valence-corrected chi connectivity index (χ2v) is 8.43. The molecule has 5 rings (SSSR count). The third-order valence-electron chi connectivity index (χ3n) is 5.93. The molecule has 0 amide bonds. The highest BCUT2D eigenvalue weighted by atomic mass is 19.3. The summed E-state index contributed by atoms with van der Waals surface area (Å²) in [7, 11) is 0. The molecule has 2 aromatic carbocycles. The van der Waals surface area contributed by atoms with Crippen LogP contribution >= 0.6 is 0 Å². The average Bonchev–Trinajstić information content (AvgIpc) is 3.29. The molecule has 0 radical (unpaired) electrons. The van der Waals surface area contributed by atoms with Crippen LogP contribution in [0.5, 0.6) is 0 Å². The third kappa shape index (κ3) is 4.99. The van der Waals surface area contributed by atoms with Crippen molar-refractivity contribution in [1.82, 2.24) is 15.0 Å². The zero-order chi connectivity index (χ0) is 24.4. The predicted octanol–water partition coefficient (Wildman–Crippen LogP) is 5.89. The first kappa shape index (κ1) is 22.5. The van der Waals surface area contributed by atoms with E-state index in [0.717, 1.165) is 16.6 Å². The summed E-state index contributed by atoms with van der Waals surface area (Å²) in [5.74, 6) is -2.40. The van der Waals surface area contributed by atoms with Crippen molar-refractivity contribution in [3.05, 3.63) is 66.1 Å². The Kier molecular flexibility index (Phi) is 5.91. The number of nitrogens with zero attached hydrogens (tertiary/aromatic N) is 4. The molecule has 1 saturated heterocycles. The number of alkyl halides is 2. The van der Waals surface area contributed by atoms with Crippen molar-refractivity contribution < 1.29 is 13.2 Å². The maximum atomic E-state index is 14.8. The SMILES string of the molecule is N#CCc1cccc(Nc2nc(Nc3ccc(N4CCC(F)(F)CC4)c(F)c3)nc3[nH]ccc23)c1. The molecule has 1 aliphatic heterocycles. The van der Waals surface area contributed by atoms with Crippen LogP contribution in [0.1, 0.15) is 18.4 Å². The fourth-order valence-electron chi connectivity index (χ4n) is 4.12. The molecule has 1 aliphatic rings. The van der Waals surface area contributed by atoms with Gasteiger partial charge < -0.3 is 20.5 Å². The normalized spacial score (nSPS) is 15.1. The summed E-state index contributed by atoms with van der Waals surface area (Å²) in [4.78, 5) is 13.7. The number of benzene rings is 2. The summed E-state index contributed by atoms with van der Waals surface area (Å²) < 4.78 is 41.7. The summed E-state index contributed by atoms with van der Waals surface area (Å²) in [6.45, 7) is 0.210. The summed E-state index contributed by atoms with van der Waals surface area (Å²) in [5, 5.41) is 16.0. The monoisotopic (exact) mass is 477 g/mol. The van der Waals surface area contributed by atoms with Gasteiger partial charge >= 0.3 is 0 Å². The standard InChI is InChI=1S/C25H22F3N7/c26-20-15-18(4-5-21(20)35-12-8-25(27,28)9-13-35)32-24-33-22-19(7-11-30-22)23(34-24)31-17-3-1-2-16(14-17)6-10-29/h1-5,7,11,14-15H,6,8-9,12-13H2,(H3,30,31,32,33,34). The van der Waals surface area contributed by atoms with Crippen molar-refractivity contribution in [3.63, 3.8) is 0 Å². The average molecular weight is 477 g/mol. The van der Waals surface area contributed by atoms with Crippen LogP contribution in [0, 0.1) is 17.1 Å². The van der Waals surface area contributed by atoms with Crippen LogP contribution in [-0.2, 0) is 6.42 Å². The molecule has 4 aromatic rings. The highest BCUT2D eigenvalue weighted by Gasteiger charge is 2.34. The fraction of sp³-hybridized carbons (Fsp3) is 0.240. The number of piperidine rings is 1. The molecule has 10 heteroatoms. The van der Waals surface area contributed by atoms with Gasteiger partial charge in [-0.3, -0.25) is 0 Å². The van der Waals surface area contributed by atoms with Gasteiger partial charge in [0.25, 0.3) is 5.92 Å². The molecule has 0 atom stereocenters. The van der Waals surface area contributed by atoms with Gasteiger partial charge in [0.05, 0.1) is 23.6 Å². The van der Waals surface area contributed by atoms with E-state index in [-0.39, 0.29) is 31.9 Å². The first-order valence-corrected chi connectivity index (χ1v) is 11.2. The number of nitrogens with one attached hydrogen (secondary N) is 3. The number of hydrogen-bond donors (Lipinski definition) is 3. The van der Waals surface area contributed by atoms with Gasteiger partial charge in [-0.15, -0.1) is 0 Å². The van der Waals surface area contributed by atoms with Crippen LogP contribution in [-0.4, -0.2) is 34.0 Å². The minimum absolute atomic E-state index is 0.105. The number of rotatable bonds is 6. The highest BCUT2D eigenvalue weighted by Crippen LogP contribution is 2.33. The van der Waals surface area contributed by atoms with Crippen molar-refractivity contribution in [2.45, 2.75) is 25.2 Å².